The topological polar surface area (TPSA) is 151 Å². The molecule has 10 nitrogen and oxygen atoms in total. The lowest BCUT2D eigenvalue weighted by Crippen LogP contribution is -2.41. The number of anilines is 2. The van der Waals surface area contributed by atoms with Gasteiger partial charge in [0.2, 0.25) is 11.8 Å². The number of carbonyl (C=O) groups is 4. The minimum Gasteiger partial charge on any atom is -0.478 e. The van der Waals surface area contributed by atoms with Crippen molar-refractivity contribution >= 4 is 63.6 Å². The van der Waals surface area contributed by atoms with Crippen LogP contribution < -0.4 is 16.1 Å². The minimum atomic E-state index is -0.947. The molecule has 0 aromatic heterocycles. The number of carboxylic acids is 2. The summed E-state index contributed by atoms with van der Waals surface area (Å²) in [6.07, 6.45) is 8.37. The number of hydrogen-bond donors (Lipinski definition) is 4. The first-order valence-electron chi connectivity index (χ1n) is 20.0. The van der Waals surface area contributed by atoms with Crippen LogP contribution >= 0.6 is 15.9 Å². The first-order valence-corrected chi connectivity index (χ1v) is 20.8. The molecule has 4 aromatic rings. The van der Waals surface area contributed by atoms with Crippen molar-refractivity contribution in [3.05, 3.63) is 111 Å². The maximum Gasteiger partial charge on any atom is 0.495 e. The van der Waals surface area contributed by atoms with E-state index in [1.807, 2.05) is 77.9 Å². The molecule has 0 unspecified atom stereocenters. The Morgan fingerprint density at radius 2 is 1.10 bits per heavy atom. The Labute approximate surface area is 348 Å². The number of carbonyl (C=O) groups excluding carboxylic acids is 2. The number of aryl methyl sites for hydroxylation is 2. The summed E-state index contributed by atoms with van der Waals surface area (Å²) in [5, 5.41) is 24.3. The molecule has 3 aliphatic heterocycles. The Morgan fingerprint density at radius 3 is 1.62 bits per heavy atom. The summed E-state index contributed by atoms with van der Waals surface area (Å²) in [6.45, 7) is 11.8. The van der Waals surface area contributed by atoms with Crippen molar-refractivity contribution in [1.29, 1.82) is 0 Å². The maximum atomic E-state index is 12.5. The fourth-order valence-electron chi connectivity index (χ4n) is 9.01. The predicted molar refractivity (Wildman–Crippen MR) is 229 cm³/mol. The molecule has 58 heavy (non-hydrogen) atoms. The van der Waals surface area contributed by atoms with Crippen LogP contribution in [0, 0.1) is 13.8 Å². The van der Waals surface area contributed by atoms with Crippen LogP contribution in [0.15, 0.2) is 77.3 Å². The van der Waals surface area contributed by atoms with E-state index in [1.165, 1.54) is 18.4 Å². The zero-order valence-electron chi connectivity index (χ0n) is 33.9. The zero-order valence-corrected chi connectivity index (χ0v) is 35.5. The fraction of sp³-hybridized carbons (Fsp3) is 0.391. The second-order valence-corrected chi connectivity index (χ2v) is 18.2. The Morgan fingerprint density at radius 1 is 0.638 bits per heavy atom. The average Bonchev–Trinajstić information content (AvgIpc) is 3.99. The highest BCUT2D eigenvalue weighted by Crippen LogP contribution is 2.50. The lowest BCUT2D eigenvalue weighted by Gasteiger charge is -2.32. The summed E-state index contributed by atoms with van der Waals surface area (Å²) in [7, 11) is -0.524. The van der Waals surface area contributed by atoms with E-state index < -0.39 is 30.3 Å². The van der Waals surface area contributed by atoms with Crippen LogP contribution in [-0.4, -0.2) is 52.3 Å². The van der Waals surface area contributed by atoms with Crippen LogP contribution in [0.4, 0.5) is 11.4 Å². The van der Waals surface area contributed by atoms with Gasteiger partial charge >= 0.3 is 19.1 Å². The number of benzene rings is 4. The lowest BCUT2D eigenvalue weighted by molar-refractivity contribution is -0.121. The summed E-state index contributed by atoms with van der Waals surface area (Å²) >= 11 is 3.43. The molecular formula is C46H50BBrN2O8. The van der Waals surface area contributed by atoms with Crippen molar-refractivity contribution in [3.8, 4) is 11.1 Å². The van der Waals surface area contributed by atoms with Gasteiger partial charge in [0, 0.05) is 15.8 Å². The Kier molecular flexibility index (Phi) is 11.0. The first-order chi connectivity index (χ1) is 27.4. The van der Waals surface area contributed by atoms with Gasteiger partial charge in [-0.05, 0) is 143 Å². The van der Waals surface area contributed by atoms with Crippen LogP contribution in [0.5, 0.6) is 0 Å². The van der Waals surface area contributed by atoms with E-state index in [9.17, 15) is 24.3 Å². The van der Waals surface area contributed by atoms with Gasteiger partial charge in [-0.1, -0.05) is 77.5 Å². The summed E-state index contributed by atoms with van der Waals surface area (Å²) < 4.78 is 12.9. The molecule has 4 N–H and O–H groups in total. The van der Waals surface area contributed by atoms with Gasteiger partial charge < -0.3 is 30.2 Å². The molecule has 12 heteroatoms. The van der Waals surface area contributed by atoms with Crippen molar-refractivity contribution in [1.82, 2.24) is 0 Å². The number of rotatable bonds is 4. The maximum absolute atomic E-state index is 12.5. The van der Waals surface area contributed by atoms with Gasteiger partial charge in [-0.15, -0.1) is 0 Å². The molecule has 1 saturated heterocycles. The Balaban J connectivity index is 0.000000136. The molecule has 2 saturated carbocycles. The Bertz CT molecular complexity index is 2310. The normalized spacial score (nSPS) is 19.7. The van der Waals surface area contributed by atoms with Crippen LogP contribution in [-0.2, 0) is 29.7 Å². The largest absolute Gasteiger partial charge is 0.495 e. The molecule has 2 amide bonds. The van der Waals surface area contributed by atoms with E-state index in [1.54, 1.807) is 30.3 Å². The van der Waals surface area contributed by atoms with Gasteiger partial charge in [-0.2, -0.15) is 0 Å². The SMILES string of the molecule is Cc1ccc(C(=O)O)cc1-c1ccc2c(c1)NC(=O)C21CCCC1.Cc1ccc(C(=O)O)cc1B1OC(C)(C)C(C)(C)O1.O=C1Nc2cc(Br)ccc2C12CCCC2. The molecule has 3 heterocycles. The summed E-state index contributed by atoms with van der Waals surface area (Å²) in [5.41, 5.74) is 7.87. The summed E-state index contributed by atoms with van der Waals surface area (Å²) in [5.74, 6) is -1.57. The number of halogens is 1. The van der Waals surface area contributed by atoms with Crippen LogP contribution in [0.25, 0.3) is 11.1 Å². The van der Waals surface area contributed by atoms with Crippen LogP contribution in [0.1, 0.15) is 122 Å². The predicted octanol–water partition coefficient (Wildman–Crippen LogP) is 9.33. The number of fused-ring (bicyclic) bond motifs is 4. The molecule has 0 bridgehead atoms. The van der Waals surface area contributed by atoms with E-state index >= 15 is 0 Å². The van der Waals surface area contributed by atoms with Crippen LogP contribution in [0.2, 0.25) is 0 Å². The highest BCUT2D eigenvalue weighted by molar-refractivity contribution is 9.10. The van der Waals surface area contributed by atoms with Crippen molar-refractivity contribution < 1.29 is 38.7 Å². The van der Waals surface area contributed by atoms with Gasteiger partial charge in [0.15, 0.2) is 0 Å². The second kappa shape index (κ2) is 15.4. The first kappa shape index (κ1) is 41.4. The quantitative estimate of drug-likeness (QED) is 0.148. The van der Waals surface area contributed by atoms with Gasteiger partial charge in [0.25, 0.3) is 0 Å². The van der Waals surface area contributed by atoms with Crippen LogP contribution in [0.3, 0.4) is 0 Å². The van der Waals surface area contributed by atoms with Gasteiger partial charge in [0.1, 0.15) is 0 Å². The number of hydrogen-bond acceptors (Lipinski definition) is 6. The summed E-state index contributed by atoms with van der Waals surface area (Å²) in [4.78, 5) is 46.9. The van der Waals surface area contributed by atoms with Gasteiger partial charge in [-0.3, -0.25) is 9.59 Å². The smallest absolute Gasteiger partial charge is 0.478 e. The zero-order chi connectivity index (χ0) is 41.8. The van der Waals surface area contributed by atoms with E-state index in [2.05, 4.69) is 32.6 Å². The Hall–Kier alpha value is -4.78. The molecule has 0 radical (unpaired) electrons. The van der Waals surface area contributed by atoms with Crippen molar-refractivity contribution in [3.63, 3.8) is 0 Å². The number of aromatic carboxylic acids is 2. The standard InChI is InChI=1S/C20H19NO3.C14H19BO4.C12H12BrNO/c1-12-4-5-14(18(22)23)10-15(12)13-6-7-16-17(11-13)21-19(24)20(16)8-2-3-9-20;1-9-6-7-10(12(16)17)8-11(9)15-18-13(2,3)14(4,5)19-15;13-8-3-4-9-10(7-8)14-11(15)12(9)5-1-2-6-12/h4-7,10-11H,2-3,8-9H2,1H3,(H,21,24)(H,22,23);6-8H,1-5H3,(H,16,17);3-4,7H,1-2,5-6H2,(H,14,15). The van der Waals surface area contributed by atoms with E-state index in [-0.39, 0.29) is 33.8 Å². The van der Waals surface area contributed by atoms with E-state index in [4.69, 9.17) is 14.4 Å². The fourth-order valence-corrected chi connectivity index (χ4v) is 9.37. The molecule has 2 aliphatic carbocycles. The number of nitrogens with one attached hydrogen (secondary N) is 2. The van der Waals surface area contributed by atoms with E-state index in [0.29, 0.717) is 0 Å². The minimum absolute atomic E-state index is 0.114. The molecule has 0 atom stereocenters. The third kappa shape index (κ3) is 7.39. The second-order valence-electron chi connectivity index (χ2n) is 17.2. The number of amides is 2. The highest BCUT2D eigenvalue weighted by atomic mass is 79.9. The monoisotopic (exact) mass is 848 g/mol. The van der Waals surface area contributed by atoms with Crippen molar-refractivity contribution in [2.24, 2.45) is 0 Å². The molecule has 3 fully saturated rings. The molecule has 2 spiro atoms. The van der Waals surface area contributed by atoms with E-state index in [0.717, 1.165) is 87.7 Å². The number of carboxylic acid groups (broad SMARTS) is 2. The molecular weight excluding hydrogens is 799 g/mol. The van der Waals surface area contributed by atoms with Gasteiger partial charge in [0.05, 0.1) is 33.2 Å². The molecule has 4 aromatic carbocycles. The average molecular weight is 850 g/mol. The third-order valence-electron chi connectivity index (χ3n) is 13.1. The van der Waals surface area contributed by atoms with Gasteiger partial charge in [-0.25, -0.2) is 9.59 Å². The third-order valence-corrected chi connectivity index (χ3v) is 13.6. The highest BCUT2D eigenvalue weighted by Gasteiger charge is 2.52. The van der Waals surface area contributed by atoms with Crippen molar-refractivity contribution in [2.45, 2.75) is 115 Å². The summed E-state index contributed by atoms with van der Waals surface area (Å²) in [6, 6.07) is 22.3. The molecule has 302 valence electrons. The van der Waals surface area contributed by atoms with Crippen molar-refractivity contribution in [2.75, 3.05) is 10.6 Å². The lowest BCUT2D eigenvalue weighted by atomic mass is 9.75. The molecule has 5 aliphatic rings. The molecule has 9 rings (SSSR count).